The van der Waals surface area contributed by atoms with E-state index in [-0.39, 0.29) is 18.2 Å². The minimum atomic E-state index is -0.463. The lowest BCUT2D eigenvalue weighted by molar-refractivity contribution is 0.258. The summed E-state index contributed by atoms with van der Waals surface area (Å²) in [6.07, 6.45) is 0. The molecule has 1 N–H and O–H groups in total. The number of benzene rings is 2. The molecule has 0 aliphatic rings. The third kappa shape index (κ3) is 3.25. The van der Waals surface area contributed by atoms with Crippen molar-refractivity contribution in [1.82, 2.24) is 0 Å². The second-order valence-corrected chi connectivity index (χ2v) is 4.67. The number of hydrogen-bond donors (Lipinski definition) is 1. The highest BCUT2D eigenvalue weighted by atomic mass is 35.5. The smallest absolute Gasteiger partial charge is 0.142 e. The van der Waals surface area contributed by atoms with Crippen LogP contribution in [0.1, 0.15) is 16.7 Å². The Morgan fingerprint density at radius 3 is 2.74 bits per heavy atom. The lowest BCUT2D eigenvalue weighted by atomic mass is 10.1. The van der Waals surface area contributed by atoms with Crippen LogP contribution in [0, 0.1) is 12.7 Å². The summed E-state index contributed by atoms with van der Waals surface area (Å²) in [5.41, 5.74) is 2.34. The van der Waals surface area contributed by atoms with Crippen molar-refractivity contribution >= 4 is 11.6 Å². The third-order valence-corrected chi connectivity index (χ3v) is 3.14. The Labute approximate surface area is 116 Å². The number of ether oxygens (including phenoxy) is 1. The lowest BCUT2D eigenvalue weighted by Gasteiger charge is -2.13. The first kappa shape index (κ1) is 13.8. The van der Waals surface area contributed by atoms with Crippen LogP contribution in [0.25, 0.3) is 0 Å². The van der Waals surface area contributed by atoms with Gasteiger partial charge in [0.15, 0.2) is 0 Å². The van der Waals surface area contributed by atoms with E-state index in [9.17, 15) is 9.50 Å². The van der Waals surface area contributed by atoms with E-state index in [0.717, 1.165) is 11.1 Å². The summed E-state index contributed by atoms with van der Waals surface area (Å²) in [5.74, 6) is 0.176. The molecular formula is C15H14ClFO2. The molecule has 0 saturated carbocycles. The van der Waals surface area contributed by atoms with Crippen molar-refractivity contribution in [1.29, 1.82) is 0 Å². The molecule has 0 amide bonds. The standard InChI is InChI=1S/C15H14ClFO2/c1-10-3-2-4-12(8-18)15(10)19-9-11-5-6-13(16)14(17)7-11/h2-7,18H,8-9H2,1H3. The Balaban J connectivity index is 2.16. The van der Waals surface area contributed by atoms with Crippen molar-refractivity contribution in [3.05, 3.63) is 63.9 Å². The van der Waals surface area contributed by atoms with Crippen LogP contribution in [0.15, 0.2) is 36.4 Å². The first-order valence-corrected chi connectivity index (χ1v) is 6.25. The van der Waals surface area contributed by atoms with Gasteiger partial charge in [0.25, 0.3) is 0 Å². The lowest BCUT2D eigenvalue weighted by Crippen LogP contribution is -2.01. The zero-order valence-electron chi connectivity index (χ0n) is 10.5. The van der Waals surface area contributed by atoms with E-state index in [1.54, 1.807) is 12.1 Å². The number of halogens is 2. The fraction of sp³-hybridized carbons (Fsp3) is 0.200. The van der Waals surface area contributed by atoms with Crippen LogP contribution in [0.3, 0.4) is 0 Å². The summed E-state index contributed by atoms with van der Waals surface area (Å²) in [7, 11) is 0. The summed E-state index contributed by atoms with van der Waals surface area (Å²) >= 11 is 5.62. The molecule has 100 valence electrons. The quantitative estimate of drug-likeness (QED) is 0.921. The van der Waals surface area contributed by atoms with Crippen LogP contribution in [0.2, 0.25) is 5.02 Å². The number of rotatable bonds is 4. The van der Waals surface area contributed by atoms with Gasteiger partial charge in [0.1, 0.15) is 18.2 Å². The number of hydrogen-bond acceptors (Lipinski definition) is 2. The van der Waals surface area contributed by atoms with Crippen LogP contribution >= 0.6 is 11.6 Å². The monoisotopic (exact) mass is 280 g/mol. The molecule has 0 aromatic heterocycles. The van der Waals surface area contributed by atoms with Gasteiger partial charge in [0.2, 0.25) is 0 Å². The normalized spacial score (nSPS) is 10.5. The molecule has 0 bridgehead atoms. The molecule has 0 aliphatic carbocycles. The average Bonchev–Trinajstić information content (AvgIpc) is 2.41. The van der Waals surface area contributed by atoms with E-state index in [2.05, 4.69) is 0 Å². The summed E-state index contributed by atoms with van der Waals surface area (Å²) in [6, 6.07) is 10.1. The maximum Gasteiger partial charge on any atom is 0.142 e. The molecule has 2 aromatic carbocycles. The molecule has 2 rings (SSSR count). The molecule has 19 heavy (non-hydrogen) atoms. The maximum absolute atomic E-state index is 13.3. The van der Waals surface area contributed by atoms with Gasteiger partial charge in [0.05, 0.1) is 11.6 Å². The van der Waals surface area contributed by atoms with Crippen molar-refractivity contribution in [3.63, 3.8) is 0 Å². The number of para-hydroxylation sites is 1. The predicted molar refractivity (Wildman–Crippen MR) is 72.8 cm³/mol. The Morgan fingerprint density at radius 2 is 2.05 bits per heavy atom. The third-order valence-electron chi connectivity index (χ3n) is 2.83. The molecule has 0 aliphatic heterocycles. The Bertz CT molecular complexity index is 584. The number of aryl methyl sites for hydroxylation is 1. The van der Waals surface area contributed by atoms with Crippen LogP contribution < -0.4 is 4.74 Å². The highest BCUT2D eigenvalue weighted by Crippen LogP contribution is 2.25. The Morgan fingerprint density at radius 1 is 1.26 bits per heavy atom. The van der Waals surface area contributed by atoms with E-state index in [0.29, 0.717) is 11.3 Å². The van der Waals surface area contributed by atoms with Gasteiger partial charge in [-0.3, -0.25) is 0 Å². The largest absolute Gasteiger partial charge is 0.488 e. The minimum absolute atomic E-state index is 0.0913. The average molecular weight is 281 g/mol. The van der Waals surface area contributed by atoms with Crippen LogP contribution in [0.4, 0.5) is 4.39 Å². The maximum atomic E-state index is 13.3. The van der Waals surface area contributed by atoms with Gasteiger partial charge in [-0.1, -0.05) is 35.9 Å². The number of aliphatic hydroxyl groups excluding tert-OH is 1. The zero-order chi connectivity index (χ0) is 13.8. The molecule has 0 fully saturated rings. The molecule has 0 saturated heterocycles. The molecule has 2 aromatic rings. The van der Waals surface area contributed by atoms with E-state index in [4.69, 9.17) is 16.3 Å². The molecule has 0 heterocycles. The highest BCUT2D eigenvalue weighted by Gasteiger charge is 2.07. The van der Waals surface area contributed by atoms with Crippen molar-refractivity contribution in [2.24, 2.45) is 0 Å². The summed E-state index contributed by atoms with van der Waals surface area (Å²) < 4.78 is 19.0. The molecule has 4 heteroatoms. The van der Waals surface area contributed by atoms with E-state index < -0.39 is 5.82 Å². The van der Waals surface area contributed by atoms with Crippen LogP contribution in [0.5, 0.6) is 5.75 Å². The summed E-state index contributed by atoms with van der Waals surface area (Å²) in [5, 5.41) is 9.36. The molecule has 0 radical (unpaired) electrons. The molecular weight excluding hydrogens is 267 g/mol. The summed E-state index contributed by atoms with van der Waals surface area (Å²) in [6.45, 7) is 2.04. The second-order valence-electron chi connectivity index (χ2n) is 4.26. The van der Waals surface area contributed by atoms with Gasteiger partial charge in [-0.2, -0.15) is 0 Å². The predicted octanol–water partition coefficient (Wildman–Crippen LogP) is 3.86. The molecule has 0 spiro atoms. The van der Waals surface area contributed by atoms with Crippen molar-refractivity contribution in [3.8, 4) is 5.75 Å². The van der Waals surface area contributed by atoms with Crippen LogP contribution in [-0.2, 0) is 13.2 Å². The van der Waals surface area contributed by atoms with Gasteiger partial charge < -0.3 is 9.84 Å². The van der Waals surface area contributed by atoms with E-state index in [1.165, 1.54) is 12.1 Å². The van der Waals surface area contributed by atoms with E-state index in [1.807, 2.05) is 19.1 Å². The summed E-state index contributed by atoms with van der Waals surface area (Å²) in [4.78, 5) is 0. The zero-order valence-corrected chi connectivity index (χ0v) is 11.2. The Kier molecular flexibility index (Phi) is 4.40. The fourth-order valence-electron chi connectivity index (χ4n) is 1.83. The fourth-order valence-corrected chi connectivity index (χ4v) is 1.95. The van der Waals surface area contributed by atoms with Gasteiger partial charge in [-0.15, -0.1) is 0 Å². The van der Waals surface area contributed by atoms with Gasteiger partial charge in [0, 0.05) is 5.56 Å². The first-order valence-electron chi connectivity index (χ1n) is 5.88. The Hall–Kier alpha value is -1.58. The number of aliphatic hydroxyl groups is 1. The molecule has 2 nitrogen and oxygen atoms in total. The van der Waals surface area contributed by atoms with Gasteiger partial charge in [-0.25, -0.2) is 4.39 Å². The highest BCUT2D eigenvalue weighted by molar-refractivity contribution is 6.30. The van der Waals surface area contributed by atoms with E-state index >= 15 is 0 Å². The minimum Gasteiger partial charge on any atom is -0.488 e. The molecule has 0 atom stereocenters. The molecule has 0 unspecified atom stereocenters. The first-order chi connectivity index (χ1) is 9.11. The SMILES string of the molecule is Cc1cccc(CO)c1OCc1ccc(Cl)c(F)c1. The van der Waals surface area contributed by atoms with Crippen molar-refractivity contribution in [2.75, 3.05) is 0 Å². The second kappa shape index (κ2) is 6.04. The van der Waals surface area contributed by atoms with Crippen molar-refractivity contribution < 1.29 is 14.2 Å². The van der Waals surface area contributed by atoms with Crippen molar-refractivity contribution in [2.45, 2.75) is 20.1 Å². The van der Waals surface area contributed by atoms with Gasteiger partial charge in [-0.05, 0) is 30.2 Å². The van der Waals surface area contributed by atoms with Gasteiger partial charge >= 0.3 is 0 Å². The van der Waals surface area contributed by atoms with Crippen LogP contribution in [-0.4, -0.2) is 5.11 Å². The topological polar surface area (TPSA) is 29.5 Å².